The normalized spacial score (nSPS) is 20.0. The lowest BCUT2D eigenvalue weighted by molar-refractivity contribution is -0.127. The predicted octanol–water partition coefficient (Wildman–Crippen LogP) is 1.61. The van der Waals surface area contributed by atoms with E-state index in [2.05, 4.69) is 15.6 Å². The third kappa shape index (κ3) is 2.83. The molecule has 26 heavy (non-hydrogen) atoms. The van der Waals surface area contributed by atoms with Crippen LogP contribution in [0.3, 0.4) is 0 Å². The van der Waals surface area contributed by atoms with E-state index in [-0.39, 0.29) is 23.8 Å². The molecule has 4 N–H and O–H groups in total. The number of carbonyl (C=O) groups excluding carboxylic acids is 3. The van der Waals surface area contributed by atoms with E-state index in [1.165, 1.54) is 0 Å². The second-order valence-electron chi connectivity index (χ2n) is 7.27. The number of nitrogens with two attached hydrogens (primary N) is 1. The van der Waals surface area contributed by atoms with Gasteiger partial charge in [0.2, 0.25) is 11.7 Å². The number of aromatic nitrogens is 1. The second kappa shape index (κ2) is 5.98. The smallest absolute Gasteiger partial charge is 0.322 e. The highest BCUT2D eigenvalue weighted by Crippen LogP contribution is 2.37. The molecule has 1 aromatic heterocycles. The van der Waals surface area contributed by atoms with Crippen LogP contribution in [0.1, 0.15) is 37.0 Å². The monoisotopic (exact) mass is 356 g/mol. The van der Waals surface area contributed by atoms with Crippen molar-refractivity contribution in [3.8, 4) is 11.5 Å². The fourth-order valence-corrected chi connectivity index (χ4v) is 3.03. The number of imide groups is 1. The highest BCUT2D eigenvalue weighted by molar-refractivity contribution is 6.07. The molecule has 3 rings (SSSR count). The molecule has 1 fully saturated rings. The van der Waals surface area contributed by atoms with Gasteiger partial charge in [-0.2, -0.15) is 0 Å². The number of hydrogen-bond donors (Lipinski definition) is 3. The Kier molecular flexibility index (Phi) is 4.06. The van der Waals surface area contributed by atoms with Gasteiger partial charge in [-0.1, -0.05) is 39.0 Å². The summed E-state index contributed by atoms with van der Waals surface area (Å²) in [7, 11) is 0. The topological polar surface area (TPSA) is 127 Å². The quantitative estimate of drug-likeness (QED) is 0.717. The fourth-order valence-electron chi connectivity index (χ4n) is 3.03. The average Bonchev–Trinajstić information content (AvgIpc) is 3.10. The summed E-state index contributed by atoms with van der Waals surface area (Å²) >= 11 is 0. The van der Waals surface area contributed by atoms with Crippen LogP contribution in [0.15, 0.2) is 34.7 Å². The first-order valence-electron chi connectivity index (χ1n) is 8.12. The molecule has 0 bridgehead atoms. The van der Waals surface area contributed by atoms with E-state index in [0.29, 0.717) is 5.56 Å². The van der Waals surface area contributed by atoms with E-state index < -0.39 is 28.8 Å². The van der Waals surface area contributed by atoms with Crippen LogP contribution in [-0.2, 0) is 11.2 Å². The maximum absolute atomic E-state index is 12.5. The summed E-state index contributed by atoms with van der Waals surface area (Å²) in [5.74, 6) is -1.16. The molecule has 8 heteroatoms. The highest BCUT2D eigenvalue weighted by Gasteiger charge is 2.55. The molecule has 0 aliphatic carbocycles. The Bertz CT molecular complexity index is 882. The van der Waals surface area contributed by atoms with Crippen molar-refractivity contribution in [2.24, 2.45) is 11.1 Å². The van der Waals surface area contributed by atoms with Crippen molar-refractivity contribution in [3.05, 3.63) is 41.8 Å². The molecular weight excluding hydrogens is 336 g/mol. The van der Waals surface area contributed by atoms with Gasteiger partial charge in [0.25, 0.3) is 11.8 Å². The van der Waals surface area contributed by atoms with Crippen LogP contribution in [-0.4, -0.2) is 28.4 Å². The van der Waals surface area contributed by atoms with E-state index >= 15 is 0 Å². The highest BCUT2D eigenvalue weighted by atomic mass is 16.4. The summed E-state index contributed by atoms with van der Waals surface area (Å²) in [4.78, 5) is 40.5. The maximum atomic E-state index is 12.5. The molecule has 2 aromatic rings. The summed E-state index contributed by atoms with van der Waals surface area (Å²) < 4.78 is 5.56. The molecule has 0 radical (unpaired) electrons. The molecule has 1 aliphatic heterocycles. The summed E-state index contributed by atoms with van der Waals surface area (Å²) in [5, 5.41) is 4.95. The molecule has 8 nitrogen and oxygen atoms in total. The summed E-state index contributed by atoms with van der Waals surface area (Å²) in [6.45, 7) is 5.46. The standard InChI is InChI=1S/C18H20N4O4/c1-17(2,3)18(15(24)21-16(25)22-18)9-11-12(13(19)23)26-14(20-11)10-7-5-4-6-8-10/h4-8H,9H2,1-3H3,(H2,19,23)(H2,21,22,24,25). The van der Waals surface area contributed by atoms with Crippen molar-refractivity contribution >= 4 is 17.8 Å². The number of carbonyl (C=O) groups is 3. The van der Waals surface area contributed by atoms with Crippen LogP contribution >= 0.6 is 0 Å². The first-order valence-corrected chi connectivity index (χ1v) is 8.12. The van der Waals surface area contributed by atoms with E-state index in [1.54, 1.807) is 12.1 Å². The molecule has 0 spiro atoms. The maximum Gasteiger partial charge on any atom is 0.322 e. The number of benzene rings is 1. The van der Waals surface area contributed by atoms with E-state index in [9.17, 15) is 14.4 Å². The lowest BCUT2D eigenvalue weighted by Crippen LogP contribution is -2.58. The minimum Gasteiger partial charge on any atom is -0.431 e. The van der Waals surface area contributed by atoms with Crippen molar-refractivity contribution < 1.29 is 18.8 Å². The Labute approximate surface area is 150 Å². The third-order valence-corrected chi connectivity index (χ3v) is 4.60. The van der Waals surface area contributed by atoms with Crippen molar-refractivity contribution in [2.45, 2.75) is 32.7 Å². The summed E-state index contributed by atoms with van der Waals surface area (Å²) in [5.41, 5.74) is 4.40. The molecule has 1 saturated heterocycles. The van der Waals surface area contributed by atoms with Crippen LogP contribution in [0.5, 0.6) is 0 Å². The van der Waals surface area contributed by atoms with E-state index in [1.807, 2.05) is 39.0 Å². The molecule has 136 valence electrons. The third-order valence-electron chi connectivity index (χ3n) is 4.60. The van der Waals surface area contributed by atoms with Gasteiger partial charge >= 0.3 is 6.03 Å². The molecule has 1 aromatic carbocycles. The van der Waals surface area contributed by atoms with Crippen LogP contribution in [0.4, 0.5) is 4.79 Å². The fraction of sp³-hybridized carbons (Fsp3) is 0.333. The minimum atomic E-state index is -1.28. The van der Waals surface area contributed by atoms with Crippen molar-refractivity contribution in [3.63, 3.8) is 0 Å². The largest absolute Gasteiger partial charge is 0.431 e. The molecule has 1 atom stereocenters. The van der Waals surface area contributed by atoms with Gasteiger partial charge < -0.3 is 15.5 Å². The van der Waals surface area contributed by atoms with Gasteiger partial charge in [-0.15, -0.1) is 0 Å². The minimum absolute atomic E-state index is 0.0251. The summed E-state index contributed by atoms with van der Waals surface area (Å²) in [6, 6.07) is 8.44. The number of oxazole rings is 1. The van der Waals surface area contributed by atoms with Gasteiger partial charge in [-0.3, -0.25) is 14.9 Å². The average molecular weight is 356 g/mol. The lowest BCUT2D eigenvalue weighted by Gasteiger charge is -2.38. The van der Waals surface area contributed by atoms with Gasteiger partial charge in [-0.05, 0) is 17.5 Å². The van der Waals surface area contributed by atoms with E-state index in [0.717, 1.165) is 0 Å². The number of nitrogens with one attached hydrogen (secondary N) is 2. The molecule has 4 amide bonds. The summed E-state index contributed by atoms with van der Waals surface area (Å²) in [6.07, 6.45) is -0.0251. The molecule has 2 heterocycles. The van der Waals surface area contributed by atoms with E-state index in [4.69, 9.17) is 10.2 Å². The molecular formula is C18H20N4O4. The van der Waals surface area contributed by atoms with Crippen LogP contribution < -0.4 is 16.4 Å². The van der Waals surface area contributed by atoms with Gasteiger partial charge in [0.15, 0.2) is 0 Å². The molecule has 1 unspecified atom stereocenters. The van der Waals surface area contributed by atoms with Crippen LogP contribution in [0, 0.1) is 5.41 Å². The number of primary amides is 1. The predicted molar refractivity (Wildman–Crippen MR) is 93.0 cm³/mol. The Morgan fingerprint density at radius 3 is 2.38 bits per heavy atom. The van der Waals surface area contributed by atoms with Gasteiger partial charge in [-0.25, -0.2) is 9.78 Å². The lowest BCUT2D eigenvalue weighted by atomic mass is 9.70. The van der Waals surface area contributed by atoms with Crippen molar-refractivity contribution in [1.29, 1.82) is 0 Å². The zero-order chi connectivity index (χ0) is 19.1. The first-order chi connectivity index (χ1) is 12.1. The zero-order valence-corrected chi connectivity index (χ0v) is 14.8. The first kappa shape index (κ1) is 17.7. The van der Waals surface area contributed by atoms with Gasteiger partial charge in [0, 0.05) is 12.0 Å². The molecule has 0 saturated carbocycles. The van der Waals surface area contributed by atoms with Crippen molar-refractivity contribution in [2.75, 3.05) is 0 Å². The second-order valence-corrected chi connectivity index (χ2v) is 7.27. The number of urea groups is 1. The SMILES string of the molecule is CC(C)(C)C1(Cc2nc(-c3ccccc3)oc2C(N)=O)NC(=O)NC1=O. The zero-order valence-electron chi connectivity index (χ0n) is 14.8. The Morgan fingerprint density at radius 1 is 1.23 bits per heavy atom. The van der Waals surface area contributed by atoms with Gasteiger partial charge in [0.05, 0.1) is 5.69 Å². The Morgan fingerprint density at radius 2 is 1.88 bits per heavy atom. The Balaban J connectivity index is 2.08. The molecule has 1 aliphatic rings. The number of nitrogens with zero attached hydrogens (tertiary/aromatic N) is 1. The van der Waals surface area contributed by atoms with Gasteiger partial charge in [0.1, 0.15) is 5.54 Å². The number of hydrogen-bond acceptors (Lipinski definition) is 5. The Hall–Kier alpha value is -3.16. The number of rotatable bonds is 4. The number of amides is 4. The van der Waals surface area contributed by atoms with Crippen LogP contribution in [0.25, 0.3) is 11.5 Å². The van der Waals surface area contributed by atoms with Crippen molar-refractivity contribution in [1.82, 2.24) is 15.6 Å². The van der Waals surface area contributed by atoms with Crippen LogP contribution in [0.2, 0.25) is 0 Å².